The van der Waals surface area contributed by atoms with Gasteiger partial charge in [0, 0.05) is 5.75 Å². The number of carbonyl (C=O) groups is 2. The summed E-state index contributed by atoms with van der Waals surface area (Å²) in [4.78, 5) is 21.7. The van der Waals surface area contributed by atoms with Crippen LogP contribution in [0.25, 0.3) is 0 Å². The van der Waals surface area contributed by atoms with E-state index in [1.165, 1.54) is 6.08 Å². The van der Waals surface area contributed by atoms with Crippen LogP contribution in [-0.2, 0) is 9.59 Å². The second-order valence-corrected chi connectivity index (χ2v) is 3.49. The molecule has 1 amide bonds. The molecule has 4 nitrogen and oxygen atoms in total. The highest BCUT2D eigenvalue weighted by Crippen LogP contribution is 1.95. The third kappa shape index (κ3) is 7.02. The van der Waals surface area contributed by atoms with Crippen molar-refractivity contribution < 1.29 is 14.7 Å². The zero-order chi connectivity index (χ0) is 11.7. The topological polar surface area (TPSA) is 66.4 Å². The average Bonchev–Trinajstić information content (AvgIpc) is 2.20. The smallest absolute Gasteiger partial charge is 0.327 e. The van der Waals surface area contributed by atoms with Crippen molar-refractivity contribution in [1.82, 2.24) is 5.32 Å². The molecule has 0 aliphatic rings. The van der Waals surface area contributed by atoms with Crippen molar-refractivity contribution in [1.29, 1.82) is 0 Å². The maximum Gasteiger partial charge on any atom is 0.327 e. The Labute approximate surface area is 95.2 Å². The number of hydrogen-bond acceptors (Lipinski definition) is 3. The van der Waals surface area contributed by atoms with E-state index in [9.17, 15) is 9.59 Å². The summed E-state index contributed by atoms with van der Waals surface area (Å²) in [5.41, 5.74) is 0. The lowest BCUT2D eigenvalue weighted by Gasteiger charge is -2.09. The number of amides is 1. The largest absolute Gasteiger partial charge is 0.480 e. The van der Waals surface area contributed by atoms with Crippen LogP contribution in [0.15, 0.2) is 12.2 Å². The molecule has 2 N–H and O–H groups in total. The summed E-state index contributed by atoms with van der Waals surface area (Å²) in [6, 6.07) is -0.920. The summed E-state index contributed by atoms with van der Waals surface area (Å²) in [6.45, 7) is 2.06. The average molecular weight is 231 g/mol. The van der Waals surface area contributed by atoms with E-state index in [1.807, 2.05) is 0 Å². The summed E-state index contributed by atoms with van der Waals surface area (Å²) in [5, 5.41) is 11.0. The van der Waals surface area contributed by atoms with Crippen molar-refractivity contribution in [3.8, 4) is 0 Å². The first-order chi connectivity index (χ1) is 7.11. The van der Waals surface area contributed by atoms with Crippen molar-refractivity contribution >= 4 is 24.5 Å². The standard InChI is InChI=1S/C10H17NO3S/c1-2-3-4-5-6-9(12)11-8(7-15)10(13)14/h5-6,8,15H,2-4,7H2,1H3,(H,11,12)(H,13,14)/t8-/m0/s1. The van der Waals surface area contributed by atoms with Crippen LogP contribution in [0.5, 0.6) is 0 Å². The summed E-state index contributed by atoms with van der Waals surface area (Å²) in [6.07, 6.45) is 6.05. The third-order valence-corrected chi connectivity index (χ3v) is 2.16. The van der Waals surface area contributed by atoms with Crippen molar-refractivity contribution in [3.63, 3.8) is 0 Å². The normalized spacial score (nSPS) is 12.7. The predicted octanol–water partition coefficient (Wildman–Crippen LogP) is 1.23. The van der Waals surface area contributed by atoms with Gasteiger partial charge in [-0.05, 0) is 12.5 Å². The molecule has 0 rings (SSSR count). The predicted molar refractivity (Wildman–Crippen MR) is 62.1 cm³/mol. The molecule has 0 aromatic carbocycles. The molecule has 0 saturated heterocycles. The number of carbonyl (C=O) groups excluding carboxylic acids is 1. The second-order valence-electron chi connectivity index (χ2n) is 3.13. The fourth-order valence-corrected chi connectivity index (χ4v) is 1.17. The van der Waals surface area contributed by atoms with Crippen LogP contribution in [-0.4, -0.2) is 28.8 Å². The number of rotatable bonds is 7. The first kappa shape index (κ1) is 14.0. The molecule has 0 aliphatic carbocycles. The lowest BCUT2D eigenvalue weighted by atomic mass is 10.2. The van der Waals surface area contributed by atoms with Gasteiger partial charge in [-0.1, -0.05) is 25.8 Å². The van der Waals surface area contributed by atoms with Crippen LogP contribution >= 0.6 is 12.6 Å². The summed E-state index contributed by atoms with van der Waals surface area (Å²) in [5.74, 6) is -1.36. The monoisotopic (exact) mass is 231 g/mol. The molecule has 0 bridgehead atoms. The highest BCUT2D eigenvalue weighted by Gasteiger charge is 2.16. The molecule has 0 radical (unpaired) electrons. The van der Waals surface area contributed by atoms with Crippen LogP contribution in [0.1, 0.15) is 26.2 Å². The van der Waals surface area contributed by atoms with Gasteiger partial charge in [0.1, 0.15) is 6.04 Å². The van der Waals surface area contributed by atoms with E-state index in [1.54, 1.807) is 6.08 Å². The Morgan fingerprint density at radius 1 is 1.53 bits per heavy atom. The molecule has 0 aliphatic heterocycles. The van der Waals surface area contributed by atoms with Crippen LogP contribution < -0.4 is 5.32 Å². The van der Waals surface area contributed by atoms with Gasteiger partial charge in [-0.25, -0.2) is 4.79 Å². The van der Waals surface area contributed by atoms with Gasteiger partial charge in [0.25, 0.3) is 0 Å². The van der Waals surface area contributed by atoms with E-state index in [4.69, 9.17) is 5.11 Å². The van der Waals surface area contributed by atoms with E-state index in [2.05, 4.69) is 24.9 Å². The molecular weight excluding hydrogens is 214 g/mol. The molecule has 0 spiro atoms. The molecule has 1 atom stereocenters. The summed E-state index contributed by atoms with van der Waals surface area (Å²) < 4.78 is 0. The van der Waals surface area contributed by atoms with Gasteiger partial charge in [-0.2, -0.15) is 12.6 Å². The van der Waals surface area contributed by atoms with Gasteiger partial charge in [0.05, 0.1) is 0 Å². The lowest BCUT2D eigenvalue weighted by Crippen LogP contribution is -2.41. The van der Waals surface area contributed by atoms with Crippen LogP contribution in [0.2, 0.25) is 0 Å². The molecule has 0 aromatic heterocycles. The third-order valence-electron chi connectivity index (χ3n) is 1.79. The van der Waals surface area contributed by atoms with E-state index < -0.39 is 12.0 Å². The summed E-state index contributed by atoms with van der Waals surface area (Å²) in [7, 11) is 0. The molecule has 0 unspecified atom stereocenters. The van der Waals surface area contributed by atoms with Crippen LogP contribution in [0, 0.1) is 0 Å². The van der Waals surface area contributed by atoms with Gasteiger partial charge in [-0.3, -0.25) is 4.79 Å². The van der Waals surface area contributed by atoms with Crippen LogP contribution in [0.3, 0.4) is 0 Å². The van der Waals surface area contributed by atoms with E-state index >= 15 is 0 Å². The Balaban J connectivity index is 3.90. The number of hydrogen-bond donors (Lipinski definition) is 3. The van der Waals surface area contributed by atoms with Gasteiger partial charge in [0.2, 0.25) is 5.91 Å². The van der Waals surface area contributed by atoms with Crippen molar-refractivity contribution in [2.24, 2.45) is 0 Å². The molecule has 0 aromatic rings. The van der Waals surface area contributed by atoms with Crippen molar-refractivity contribution in [2.75, 3.05) is 5.75 Å². The quantitative estimate of drug-likeness (QED) is 0.351. The highest BCUT2D eigenvalue weighted by atomic mass is 32.1. The van der Waals surface area contributed by atoms with Crippen molar-refractivity contribution in [2.45, 2.75) is 32.2 Å². The number of unbranched alkanes of at least 4 members (excludes halogenated alkanes) is 2. The zero-order valence-corrected chi connectivity index (χ0v) is 9.67. The van der Waals surface area contributed by atoms with E-state index in [-0.39, 0.29) is 11.7 Å². The number of carboxylic acid groups (broad SMARTS) is 1. The first-order valence-electron chi connectivity index (χ1n) is 4.92. The second kappa shape index (κ2) is 8.35. The molecular formula is C10H17NO3S. The van der Waals surface area contributed by atoms with Crippen LogP contribution in [0.4, 0.5) is 0 Å². The minimum atomic E-state index is -1.07. The number of aliphatic carboxylic acids is 1. The number of thiol groups is 1. The molecule has 0 fully saturated rings. The Morgan fingerprint density at radius 2 is 2.20 bits per heavy atom. The first-order valence-corrected chi connectivity index (χ1v) is 5.55. The number of allylic oxidation sites excluding steroid dienone is 1. The Bertz CT molecular complexity index is 241. The van der Waals surface area contributed by atoms with E-state index in [0.717, 1.165) is 19.3 Å². The number of carboxylic acids is 1. The Kier molecular flexibility index (Phi) is 7.81. The Hall–Kier alpha value is -0.970. The number of nitrogens with one attached hydrogen (secondary N) is 1. The Morgan fingerprint density at radius 3 is 2.67 bits per heavy atom. The molecule has 0 heterocycles. The lowest BCUT2D eigenvalue weighted by molar-refractivity contribution is -0.140. The fraction of sp³-hybridized carbons (Fsp3) is 0.600. The van der Waals surface area contributed by atoms with Gasteiger partial charge >= 0.3 is 5.97 Å². The SMILES string of the molecule is CCCCC=CC(=O)N[C@@H](CS)C(=O)O. The van der Waals surface area contributed by atoms with Crippen molar-refractivity contribution in [3.05, 3.63) is 12.2 Å². The minimum absolute atomic E-state index is 0.0872. The zero-order valence-electron chi connectivity index (χ0n) is 8.77. The maximum atomic E-state index is 11.2. The van der Waals surface area contributed by atoms with Gasteiger partial charge in [-0.15, -0.1) is 0 Å². The molecule has 5 heteroatoms. The highest BCUT2D eigenvalue weighted by molar-refractivity contribution is 7.80. The van der Waals surface area contributed by atoms with E-state index in [0.29, 0.717) is 0 Å². The molecule has 15 heavy (non-hydrogen) atoms. The fourth-order valence-electron chi connectivity index (χ4n) is 0.918. The maximum absolute atomic E-state index is 11.2. The van der Waals surface area contributed by atoms with Gasteiger partial charge < -0.3 is 10.4 Å². The molecule has 0 saturated carbocycles. The minimum Gasteiger partial charge on any atom is -0.480 e. The summed E-state index contributed by atoms with van der Waals surface area (Å²) >= 11 is 3.83. The van der Waals surface area contributed by atoms with Gasteiger partial charge in [0.15, 0.2) is 0 Å². The molecule has 86 valence electrons.